The summed E-state index contributed by atoms with van der Waals surface area (Å²) in [5.74, 6) is -1.47. The topological polar surface area (TPSA) is 105 Å². The number of carbonyl (C=O) groups is 2. The molecule has 3 aromatic rings. The molecule has 0 saturated carbocycles. The third-order valence-corrected chi connectivity index (χ3v) is 4.17. The van der Waals surface area contributed by atoms with E-state index in [1.165, 1.54) is 17.4 Å². The lowest BCUT2D eigenvalue weighted by atomic mass is 10.1. The van der Waals surface area contributed by atoms with Crippen LogP contribution in [0.4, 0.5) is 10.8 Å². The fourth-order valence-electron chi connectivity index (χ4n) is 2.22. The predicted octanol–water partition coefficient (Wildman–Crippen LogP) is 3.14. The summed E-state index contributed by atoms with van der Waals surface area (Å²) in [6.45, 7) is 1.79. The number of anilines is 2. The summed E-state index contributed by atoms with van der Waals surface area (Å²) >= 11 is 1.29. The highest BCUT2D eigenvalue weighted by Crippen LogP contribution is 2.25. The standard InChI is InChI=1S/C16H13N3O3S/c1-8-2-4-11(10(6-8)15(21)22)18-14(20)9-3-5-12-13(7-9)23-16(17)19-12/h2-7H,1H3,(H2,17,19)(H,18,20)(H,21,22). The molecular formula is C16H13N3O3S. The van der Waals surface area contributed by atoms with Crippen molar-refractivity contribution < 1.29 is 14.7 Å². The van der Waals surface area contributed by atoms with Crippen LogP contribution in [0.1, 0.15) is 26.3 Å². The first-order valence-electron chi connectivity index (χ1n) is 6.75. The van der Waals surface area contributed by atoms with Crippen molar-refractivity contribution in [2.75, 3.05) is 11.1 Å². The Morgan fingerprint density at radius 3 is 2.74 bits per heavy atom. The van der Waals surface area contributed by atoms with Crippen LogP contribution < -0.4 is 11.1 Å². The van der Waals surface area contributed by atoms with Gasteiger partial charge in [0.1, 0.15) is 0 Å². The number of aromatic nitrogens is 1. The van der Waals surface area contributed by atoms with Gasteiger partial charge >= 0.3 is 5.97 Å². The van der Waals surface area contributed by atoms with Gasteiger partial charge < -0.3 is 16.2 Å². The third kappa shape index (κ3) is 3.00. The molecule has 1 amide bonds. The fourth-order valence-corrected chi connectivity index (χ4v) is 3.00. The number of nitrogens with one attached hydrogen (secondary N) is 1. The van der Waals surface area contributed by atoms with Gasteiger partial charge in [0.05, 0.1) is 21.5 Å². The number of carboxylic acid groups (broad SMARTS) is 1. The molecule has 0 saturated heterocycles. The number of aryl methyl sites for hydroxylation is 1. The Balaban J connectivity index is 1.92. The van der Waals surface area contributed by atoms with Crippen LogP contribution in [0.3, 0.4) is 0 Å². The molecule has 1 aromatic heterocycles. The Morgan fingerprint density at radius 2 is 2.00 bits per heavy atom. The largest absolute Gasteiger partial charge is 0.478 e. The van der Waals surface area contributed by atoms with E-state index in [1.807, 2.05) is 0 Å². The summed E-state index contributed by atoms with van der Waals surface area (Å²) in [6, 6.07) is 9.88. The molecule has 0 fully saturated rings. The van der Waals surface area contributed by atoms with Crippen molar-refractivity contribution in [2.45, 2.75) is 6.92 Å². The van der Waals surface area contributed by atoms with Crippen molar-refractivity contribution in [1.29, 1.82) is 0 Å². The molecule has 0 unspecified atom stereocenters. The third-order valence-electron chi connectivity index (χ3n) is 3.32. The zero-order valence-corrected chi connectivity index (χ0v) is 13.0. The molecule has 1 heterocycles. The molecule has 2 aromatic carbocycles. The van der Waals surface area contributed by atoms with Gasteiger partial charge in [0.25, 0.3) is 5.91 Å². The molecule has 0 radical (unpaired) electrons. The molecule has 0 spiro atoms. The maximum atomic E-state index is 12.4. The van der Waals surface area contributed by atoms with Crippen LogP contribution in [0, 0.1) is 6.92 Å². The number of hydrogen-bond acceptors (Lipinski definition) is 5. The molecule has 7 heteroatoms. The van der Waals surface area contributed by atoms with Crippen LogP contribution in [-0.4, -0.2) is 22.0 Å². The number of carboxylic acids is 1. The van der Waals surface area contributed by atoms with E-state index in [4.69, 9.17) is 5.73 Å². The number of carbonyl (C=O) groups excluding carboxylic acids is 1. The number of benzene rings is 2. The maximum Gasteiger partial charge on any atom is 0.337 e. The molecule has 0 atom stereocenters. The first-order valence-corrected chi connectivity index (χ1v) is 7.57. The minimum atomic E-state index is -1.09. The Bertz CT molecular complexity index is 933. The summed E-state index contributed by atoms with van der Waals surface area (Å²) < 4.78 is 0.803. The monoisotopic (exact) mass is 327 g/mol. The van der Waals surface area contributed by atoms with Crippen LogP contribution in [0.2, 0.25) is 0 Å². The SMILES string of the molecule is Cc1ccc(NC(=O)c2ccc3nc(N)sc3c2)c(C(=O)O)c1. The van der Waals surface area contributed by atoms with Crippen molar-refractivity contribution >= 4 is 44.2 Å². The van der Waals surface area contributed by atoms with E-state index in [0.717, 1.165) is 15.8 Å². The number of hydrogen-bond donors (Lipinski definition) is 3. The normalized spacial score (nSPS) is 10.7. The van der Waals surface area contributed by atoms with Crippen LogP contribution in [0.15, 0.2) is 36.4 Å². The summed E-state index contributed by atoms with van der Waals surface area (Å²) in [7, 11) is 0. The van der Waals surface area contributed by atoms with Crippen LogP contribution in [-0.2, 0) is 0 Å². The smallest absolute Gasteiger partial charge is 0.337 e. The Morgan fingerprint density at radius 1 is 1.22 bits per heavy atom. The Kier molecular flexibility index (Phi) is 3.71. The zero-order valence-electron chi connectivity index (χ0n) is 12.2. The number of nitrogens with zero attached hydrogens (tertiary/aromatic N) is 1. The number of aromatic carboxylic acids is 1. The molecule has 0 aliphatic heterocycles. The number of nitrogens with two attached hydrogens (primary N) is 1. The van der Waals surface area contributed by atoms with E-state index >= 15 is 0 Å². The van der Waals surface area contributed by atoms with E-state index in [1.54, 1.807) is 37.3 Å². The van der Waals surface area contributed by atoms with E-state index < -0.39 is 5.97 Å². The van der Waals surface area contributed by atoms with Crippen LogP contribution >= 0.6 is 11.3 Å². The lowest BCUT2D eigenvalue weighted by Crippen LogP contribution is -2.14. The zero-order chi connectivity index (χ0) is 16.6. The number of rotatable bonds is 3. The highest BCUT2D eigenvalue weighted by Gasteiger charge is 2.14. The molecule has 6 nitrogen and oxygen atoms in total. The molecule has 23 heavy (non-hydrogen) atoms. The predicted molar refractivity (Wildman–Crippen MR) is 90.1 cm³/mol. The lowest BCUT2D eigenvalue weighted by Gasteiger charge is -2.09. The molecule has 3 rings (SSSR count). The second kappa shape index (κ2) is 5.69. The first-order chi connectivity index (χ1) is 10.9. The summed E-state index contributed by atoms with van der Waals surface area (Å²) in [4.78, 5) is 27.8. The second-order valence-electron chi connectivity index (χ2n) is 5.04. The van der Waals surface area contributed by atoms with Crippen LogP contribution in [0.5, 0.6) is 0 Å². The maximum absolute atomic E-state index is 12.4. The lowest BCUT2D eigenvalue weighted by molar-refractivity contribution is 0.0698. The molecule has 4 N–H and O–H groups in total. The summed E-state index contributed by atoms with van der Waals surface area (Å²) in [5, 5.41) is 12.3. The molecule has 0 aliphatic carbocycles. The molecular weight excluding hydrogens is 314 g/mol. The molecule has 116 valence electrons. The van der Waals surface area contributed by atoms with Crippen molar-refractivity contribution in [2.24, 2.45) is 0 Å². The Hall–Kier alpha value is -2.93. The van der Waals surface area contributed by atoms with Gasteiger partial charge in [-0.15, -0.1) is 0 Å². The average molecular weight is 327 g/mol. The first kappa shape index (κ1) is 15.0. The highest BCUT2D eigenvalue weighted by molar-refractivity contribution is 7.22. The van der Waals surface area contributed by atoms with Crippen molar-refractivity contribution in [1.82, 2.24) is 4.98 Å². The second-order valence-corrected chi connectivity index (χ2v) is 6.11. The quantitative estimate of drug-likeness (QED) is 0.685. The molecule has 0 aliphatic rings. The van der Waals surface area contributed by atoms with Gasteiger partial charge in [-0.3, -0.25) is 4.79 Å². The average Bonchev–Trinajstić information content (AvgIpc) is 2.87. The van der Waals surface area contributed by atoms with E-state index in [9.17, 15) is 14.7 Å². The fraction of sp³-hybridized carbons (Fsp3) is 0.0625. The van der Waals surface area contributed by atoms with Gasteiger partial charge in [0, 0.05) is 5.56 Å². The van der Waals surface area contributed by atoms with Gasteiger partial charge in [-0.1, -0.05) is 23.0 Å². The minimum Gasteiger partial charge on any atom is -0.478 e. The van der Waals surface area contributed by atoms with E-state index in [0.29, 0.717) is 10.7 Å². The van der Waals surface area contributed by atoms with Gasteiger partial charge in [-0.2, -0.15) is 0 Å². The van der Waals surface area contributed by atoms with Crippen LogP contribution in [0.25, 0.3) is 10.2 Å². The van der Waals surface area contributed by atoms with Gasteiger partial charge in [-0.25, -0.2) is 9.78 Å². The van der Waals surface area contributed by atoms with Crippen molar-refractivity contribution in [3.63, 3.8) is 0 Å². The van der Waals surface area contributed by atoms with E-state index in [2.05, 4.69) is 10.3 Å². The van der Waals surface area contributed by atoms with Crippen molar-refractivity contribution in [3.05, 3.63) is 53.1 Å². The number of fused-ring (bicyclic) bond motifs is 1. The summed E-state index contributed by atoms with van der Waals surface area (Å²) in [5.41, 5.74) is 7.92. The van der Waals surface area contributed by atoms with Gasteiger partial charge in [0.2, 0.25) is 0 Å². The van der Waals surface area contributed by atoms with Gasteiger partial charge in [0.15, 0.2) is 5.13 Å². The Labute approximate surface area is 135 Å². The van der Waals surface area contributed by atoms with Gasteiger partial charge in [-0.05, 0) is 37.3 Å². The molecule has 0 bridgehead atoms. The highest BCUT2D eigenvalue weighted by atomic mass is 32.1. The van der Waals surface area contributed by atoms with Crippen molar-refractivity contribution in [3.8, 4) is 0 Å². The number of thiazole rings is 1. The number of amides is 1. The minimum absolute atomic E-state index is 0.0569. The number of nitrogen functional groups attached to an aromatic ring is 1. The van der Waals surface area contributed by atoms with E-state index in [-0.39, 0.29) is 17.2 Å². The summed E-state index contributed by atoms with van der Waals surface area (Å²) in [6.07, 6.45) is 0.